The summed E-state index contributed by atoms with van der Waals surface area (Å²) in [5, 5.41) is 7.17. The number of likely N-dealkylation sites (N-methyl/N-ethyl adjacent to an activating group) is 1. The van der Waals surface area contributed by atoms with Crippen molar-refractivity contribution < 1.29 is 4.74 Å². The predicted octanol–water partition coefficient (Wildman–Crippen LogP) is 3.09. The van der Waals surface area contributed by atoms with E-state index in [9.17, 15) is 0 Å². The first-order valence-corrected chi connectivity index (χ1v) is 11.6. The Morgan fingerprint density at radius 3 is 2.69 bits per heavy atom. The summed E-state index contributed by atoms with van der Waals surface area (Å²) in [5.41, 5.74) is 0. The maximum Gasteiger partial charge on any atom is 0.191 e. The predicted molar refractivity (Wildman–Crippen MR) is 134 cm³/mol. The van der Waals surface area contributed by atoms with E-state index < -0.39 is 0 Å². The van der Waals surface area contributed by atoms with Crippen LogP contribution in [-0.4, -0.2) is 81.3 Å². The molecule has 0 aliphatic carbocycles. The molecular formula is C21H38IN5OS. The molecule has 1 aromatic rings. The molecular weight excluding hydrogens is 497 g/mol. The second-order valence-corrected chi connectivity index (χ2v) is 9.04. The number of thiophene rings is 1. The highest BCUT2D eigenvalue weighted by atomic mass is 127. The molecule has 2 saturated heterocycles. The van der Waals surface area contributed by atoms with E-state index in [1.54, 1.807) is 0 Å². The molecule has 2 aliphatic rings. The topological polar surface area (TPSA) is 52.1 Å². The lowest BCUT2D eigenvalue weighted by Crippen LogP contribution is -2.50. The van der Waals surface area contributed by atoms with Crippen LogP contribution in [0.2, 0.25) is 0 Å². The number of likely N-dealkylation sites (tertiary alicyclic amines) is 1. The van der Waals surface area contributed by atoms with Crippen molar-refractivity contribution in [1.82, 2.24) is 20.4 Å². The van der Waals surface area contributed by atoms with Crippen molar-refractivity contribution in [2.75, 3.05) is 59.5 Å². The van der Waals surface area contributed by atoms with E-state index in [2.05, 4.69) is 51.4 Å². The van der Waals surface area contributed by atoms with E-state index in [0.29, 0.717) is 12.1 Å². The van der Waals surface area contributed by atoms with Gasteiger partial charge < -0.3 is 15.4 Å². The maximum absolute atomic E-state index is 5.56. The number of aryl methyl sites for hydroxylation is 1. The molecule has 0 radical (unpaired) electrons. The average Bonchev–Trinajstić information content (AvgIpc) is 3.17. The fraction of sp³-hybridized carbons (Fsp3) is 0.762. The van der Waals surface area contributed by atoms with Gasteiger partial charge in [0, 0.05) is 49.0 Å². The number of hydrogen-bond donors (Lipinski definition) is 2. The van der Waals surface area contributed by atoms with Crippen LogP contribution in [0, 0.1) is 6.92 Å². The van der Waals surface area contributed by atoms with Crippen molar-refractivity contribution in [3.05, 3.63) is 21.9 Å². The molecule has 2 N–H and O–H groups in total. The summed E-state index contributed by atoms with van der Waals surface area (Å²) in [5.74, 6) is 0.910. The van der Waals surface area contributed by atoms with E-state index >= 15 is 0 Å². The second-order valence-electron chi connectivity index (χ2n) is 7.72. The van der Waals surface area contributed by atoms with E-state index in [0.717, 1.165) is 51.9 Å². The molecule has 2 fully saturated rings. The Morgan fingerprint density at radius 2 is 2.03 bits per heavy atom. The van der Waals surface area contributed by atoms with Crippen LogP contribution in [0.3, 0.4) is 0 Å². The summed E-state index contributed by atoms with van der Waals surface area (Å²) in [7, 11) is 1.87. The van der Waals surface area contributed by atoms with E-state index in [-0.39, 0.29) is 24.0 Å². The van der Waals surface area contributed by atoms with Crippen LogP contribution in [-0.2, 0) is 4.74 Å². The first-order valence-electron chi connectivity index (χ1n) is 10.8. The van der Waals surface area contributed by atoms with Gasteiger partial charge in [0.1, 0.15) is 0 Å². The highest BCUT2D eigenvalue weighted by molar-refractivity contribution is 14.0. The van der Waals surface area contributed by atoms with Gasteiger partial charge in [-0.15, -0.1) is 35.3 Å². The molecule has 0 spiro atoms. The third kappa shape index (κ3) is 7.34. The minimum absolute atomic E-state index is 0. The number of rotatable bonds is 7. The highest BCUT2D eigenvalue weighted by Crippen LogP contribution is 2.27. The Labute approximate surface area is 197 Å². The standard InChI is InChI=1S/C21H37N5OS.HI/c1-4-25-10-6-5-7-18(25)15-23-21(22-3)24-16-19(20-9-8-17(2)28-20)26-11-13-27-14-12-26;/h8-9,18-19H,4-7,10-16H2,1-3H3,(H2,22,23,24);1H. The minimum atomic E-state index is 0. The summed E-state index contributed by atoms with van der Waals surface area (Å²) in [6.45, 7) is 12.3. The molecule has 29 heavy (non-hydrogen) atoms. The lowest BCUT2D eigenvalue weighted by molar-refractivity contribution is 0.0177. The molecule has 2 atom stereocenters. The zero-order chi connectivity index (χ0) is 19.8. The van der Waals surface area contributed by atoms with E-state index in [4.69, 9.17) is 4.74 Å². The van der Waals surface area contributed by atoms with Gasteiger partial charge in [0.25, 0.3) is 0 Å². The minimum Gasteiger partial charge on any atom is -0.379 e. The number of ether oxygens (including phenoxy) is 1. The van der Waals surface area contributed by atoms with Crippen LogP contribution in [0.25, 0.3) is 0 Å². The lowest BCUT2D eigenvalue weighted by atomic mass is 10.0. The van der Waals surface area contributed by atoms with Gasteiger partial charge in [-0.3, -0.25) is 14.8 Å². The summed E-state index contributed by atoms with van der Waals surface area (Å²) in [4.78, 5) is 12.4. The van der Waals surface area contributed by atoms with Crippen LogP contribution in [0.4, 0.5) is 0 Å². The van der Waals surface area contributed by atoms with Gasteiger partial charge in [0.2, 0.25) is 0 Å². The average molecular weight is 536 g/mol. The number of morpholine rings is 1. The summed E-state index contributed by atoms with van der Waals surface area (Å²) >= 11 is 1.90. The third-order valence-electron chi connectivity index (χ3n) is 5.92. The quantitative estimate of drug-likeness (QED) is 0.320. The van der Waals surface area contributed by atoms with Crippen LogP contribution < -0.4 is 10.6 Å². The highest BCUT2D eigenvalue weighted by Gasteiger charge is 2.25. The molecule has 0 saturated carbocycles. The van der Waals surface area contributed by atoms with Crippen molar-refractivity contribution >= 4 is 41.3 Å². The summed E-state index contributed by atoms with van der Waals surface area (Å²) < 4.78 is 5.56. The zero-order valence-electron chi connectivity index (χ0n) is 18.2. The first-order chi connectivity index (χ1) is 13.7. The summed E-state index contributed by atoms with van der Waals surface area (Å²) in [6, 6.07) is 5.48. The van der Waals surface area contributed by atoms with Gasteiger partial charge in [-0.05, 0) is 45.0 Å². The Bertz CT molecular complexity index is 620. The van der Waals surface area contributed by atoms with E-state index in [1.807, 2.05) is 18.4 Å². The first kappa shape index (κ1) is 24.8. The molecule has 3 rings (SSSR count). The third-order valence-corrected chi connectivity index (χ3v) is 7.02. The van der Waals surface area contributed by atoms with Crippen molar-refractivity contribution in [3.8, 4) is 0 Å². The van der Waals surface area contributed by atoms with Crippen molar-refractivity contribution in [2.45, 2.75) is 45.2 Å². The molecule has 2 unspecified atom stereocenters. The van der Waals surface area contributed by atoms with E-state index in [1.165, 1.54) is 35.6 Å². The number of halogens is 1. The Kier molecular flexibility index (Phi) is 11.2. The number of nitrogens with one attached hydrogen (secondary N) is 2. The number of hydrogen-bond acceptors (Lipinski definition) is 5. The molecule has 0 aromatic carbocycles. The van der Waals surface area contributed by atoms with Crippen LogP contribution in [0.5, 0.6) is 0 Å². The summed E-state index contributed by atoms with van der Waals surface area (Å²) in [6.07, 6.45) is 3.95. The zero-order valence-corrected chi connectivity index (χ0v) is 21.3. The Morgan fingerprint density at radius 1 is 1.24 bits per heavy atom. The molecule has 0 amide bonds. The second kappa shape index (κ2) is 13.1. The van der Waals surface area contributed by atoms with Crippen molar-refractivity contribution in [2.24, 2.45) is 4.99 Å². The molecule has 1 aromatic heterocycles. The Balaban J connectivity index is 0.00000300. The van der Waals surface area contributed by atoms with Crippen molar-refractivity contribution in [3.63, 3.8) is 0 Å². The largest absolute Gasteiger partial charge is 0.379 e. The maximum atomic E-state index is 5.56. The molecule has 6 nitrogen and oxygen atoms in total. The van der Waals surface area contributed by atoms with Crippen LogP contribution in [0.15, 0.2) is 17.1 Å². The monoisotopic (exact) mass is 535 g/mol. The molecule has 3 heterocycles. The van der Waals surface area contributed by atoms with Gasteiger partial charge in [0.15, 0.2) is 5.96 Å². The Hall–Kier alpha value is -0.420. The number of aliphatic imine (C=N–C) groups is 1. The SMILES string of the molecule is CCN1CCCCC1CNC(=NC)NCC(c1ccc(C)s1)N1CCOCC1.I. The fourth-order valence-corrected chi connectivity index (χ4v) is 5.28. The molecule has 0 bridgehead atoms. The fourth-order valence-electron chi connectivity index (χ4n) is 4.27. The molecule has 2 aliphatic heterocycles. The van der Waals surface area contributed by atoms with Gasteiger partial charge in [-0.25, -0.2) is 0 Å². The smallest absolute Gasteiger partial charge is 0.191 e. The number of piperidine rings is 1. The van der Waals surface area contributed by atoms with Gasteiger partial charge >= 0.3 is 0 Å². The number of nitrogens with zero attached hydrogens (tertiary/aromatic N) is 3. The van der Waals surface area contributed by atoms with Crippen molar-refractivity contribution in [1.29, 1.82) is 0 Å². The lowest BCUT2D eigenvalue weighted by Gasteiger charge is -2.36. The number of guanidine groups is 1. The van der Waals surface area contributed by atoms with Gasteiger partial charge in [-0.1, -0.05) is 13.3 Å². The van der Waals surface area contributed by atoms with Gasteiger partial charge in [0.05, 0.1) is 19.3 Å². The van der Waals surface area contributed by atoms with Gasteiger partial charge in [-0.2, -0.15) is 0 Å². The molecule has 8 heteroatoms. The normalized spacial score (nSPS) is 22.7. The van der Waals surface area contributed by atoms with Crippen LogP contribution >= 0.6 is 35.3 Å². The van der Waals surface area contributed by atoms with Crippen LogP contribution in [0.1, 0.15) is 42.0 Å². The molecule has 166 valence electrons.